The second-order valence-electron chi connectivity index (χ2n) is 5.00. The largest absolute Gasteiger partial charge is 0.387 e. The van der Waals surface area contributed by atoms with E-state index in [1.54, 1.807) is 7.05 Å². The highest BCUT2D eigenvalue weighted by atomic mass is 16.3. The second-order valence-corrected chi connectivity index (χ2v) is 5.00. The van der Waals surface area contributed by atoms with Crippen molar-refractivity contribution in [1.82, 2.24) is 15.5 Å². The number of carbonyl (C=O) groups is 2. The fourth-order valence-electron chi connectivity index (χ4n) is 2.45. The van der Waals surface area contributed by atoms with Gasteiger partial charge in [-0.25, -0.2) is 0 Å². The lowest BCUT2D eigenvalue weighted by atomic mass is 10.0. The molecule has 2 unspecified atom stereocenters. The summed E-state index contributed by atoms with van der Waals surface area (Å²) < 4.78 is 0. The van der Waals surface area contributed by atoms with E-state index in [2.05, 4.69) is 10.6 Å². The van der Waals surface area contributed by atoms with Crippen LogP contribution < -0.4 is 10.6 Å². The van der Waals surface area contributed by atoms with Crippen molar-refractivity contribution >= 4 is 11.8 Å². The van der Waals surface area contributed by atoms with Gasteiger partial charge in [0.15, 0.2) is 0 Å². The van der Waals surface area contributed by atoms with Crippen LogP contribution in [0.2, 0.25) is 0 Å². The average molecular weight is 241 g/mol. The molecule has 2 saturated heterocycles. The molecule has 0 aliphatic carbocycles. The summed E-state index contributed by atoms with van der Waals surface area (Å²) in [7, 11) is 1.67. The Morgan fingerprint density at radius 2 is 2.41 bits per heavy atom. The highest BCUT2D eigenvalue weighted by Crippen LogP contribution is 2.17. The molecule has 2 aliphatic rings. The van der Waals surface area contributed by atoms with Gasteiger partial charge in [0.2, 0.25) is 11.8 Å². The van der Waals surface area contributed by atoms with E-state index in [4.69, 9.17) is 0 Å². The molecule has 2 amide bonds. The molecule has 2 atom stereocenters. The van der Waals surface area contributed by atoms with Crippen LogP contribution in [0.15, 0.2) is 0 Å². The number of hydrogen-bond donors (Lipinski definition) is 3. The zero-order valence-electron chi connectivity index (χ0n) is 10.0. The van der Waals surface area contributed by atoms with Crippen LogP contribution in [-0.2, 0) is 9.59 Å². The third kappa shape index (κ3) is 2.76. The molecule has 96 valence electrons. The fourth-order valence-corrected chi connectivity index (χ4v) is 2.45. The maximum absolute atomic E-state index is 12.0. The van der Waals surface area contributed by atoms with Gasteiger partial charge in [0, 0.05) is 20.0 Å². The lowest BCUT2D eigenvalue weighted by Crippen LogP contribution is -2.50. The topological polar surface area (TPSA) is 81.7 Å². The monoisotopic (exact) mass is 241 g/mol. The lowest BCUT2D eigenvalue weighted by Gasteiger charge is -2.29. The zero-order chi connectivity index (χ0) is 12.5. The van der Waals surface area contributed by atoms with Gasteiger partial charge in [-0.1, -0.05) is 0 Å². The zero-order valence-corrected chi connectivity index (χ0v) is 10.0. The van der Waals surface area contributed by atoms with E-state index in [1.807, 2.05) is 0 Å². The minimum Gasteiger partial charge on any atom is -0.387 e. The Balaban J connectivity index is 1.89. The van der Waals surface area contributed by atoms with Crippen molar-refractivity contribution in [3.05, 3.63) is 0 Å². The molecule has 2 fully saturated rings. The summed E-state index contributed by atoms with van der Waals surface area (Å²) in [6.45, 7) is 1.60. The van der Waals surface area contributed by atoms with Gasteiger partial charge in [0.05, 0.1) is 12.1 Å². The standard InChI is InChI=1S/C11H19N3O3/c1-14(7-11(17)4-5-12-6-11)10(16)8-2-3-9(15)13-8/h8,12,17H,2-7H2,1H3,(H,13,15). The maximum Gasteiger partial charge on any atom is 0.245 e. The van der Waals surface area contributed by atoms with Crippen LogP contribution in [0.4, 0.5) is 0 Å². The molecule has 17 heavy (non-hydrogen) atoms. The molecule has 0 spiro atoms. The molecule has 6 heteroatoms. The van der Waals surface area contributed by atoms with Crippen LogP contribution in [0.1, 0.15) is 19.3 Å². The molecule has 0 bridgehead atoms. The summed E-state index contributed by atoms with van der Waals surface area (Å²) in [6.07, 6.45) is 1.62. The van der Waals surface area contributed by atoms with E-state index in [1.165, 1.54) is 4.90 Å². The first kappa shape index (κ1) is 12.3. The summed E-state index contributed by atoms with van der Waals surface area (Å²) in [5.74, 6) is -0.186. The summed E-state index contributed by atoms with van der Waals surface area (Å²) in [5, 5.41) is 15.9. The van der Waals surface area contributed by atoms with E-state index in [0.717, 1.165) is 6.54 Å². The Morgan fingerprint density at radius 1 is 1.65 bits per heavy atom. The van der Waals surface area contributed by atoms with E-state index < -0.39 is 11.6 Å². The molecule has 6 nitrogen and oxygen atoms in total. The molecule has 3 N–H and O–H groups in total. The van der Waals surface area contributed by atoms with Crippen LogP contribution in [-0.4, -0.2) is 60.1 Å². The number of β-amino-alcohol motifs (C(OH)–C–C–N with tert-alkyl or cyclic N) is 1. The number of hydrogen-bond acceptors (Lipinski definition) is 4. The summed E-state index contributed by atoms with van der Waals surface area (Å²) in [4.78, 5) is 24.6. The number of nitrogens with one attached hydrogen (secondary N) is 2. The van der Waals surface area contributed by atoms with Gasteiger partial charge in [0.25, 0.3) is 0 Å². The molecule has 2 aliphatic heterocycles. The smallest absolute Gasteiger partial charge is 0.245 e. The predicted octanol–water partition coefficient (Wildman–Crippen LogP) is -1.55. The molecule has 2 heterocycles. The second kappa shape index (κ2) is 4.62. The van der Waals surface area contributed by atoms with Crippen molar-refractivity contribution in [2.24, 2.45) is 0 Å². The Bertz CT molecular complexity index is 326. The van der Waals surface area contributed by atoms with Gasteiger partial charge in [0.1, 0.15) is 6.04 Å². The van der Waals surface area contributed by atoms with Crippen LogP contribution in [0.5, 0.6) is 0 Å². The van der Waals surface area contributed by atoms with Gasteiger partial charge in [-0.15, -0.1) is 0 Å². The van der Waals surface area contributed by atoms with Gasteiger partial charge in [-0.3, -0.25) is 9.59 Å². The highest BCUT2D eigenvalue weighted by Gasteiger charge is 2.36. The number of likely N-dealkylation sites (N-methyl/N-ethyl adjacent to an activating group) is 1. The maximum atomic E-state index is 12.0. The first-order valence-corrected chi connectivity index (χ1v) is 5.98. The van der Waals surface area contributed by atoms with Crippen molar-refractivity contribution in [2.45, 2.75) is 30.9 Å². The van der Waals surface area contributed by atoms with E-state index in [0.29, 0.717) is 32.4 Å². The Labute approximate surface area is 100 Å². The van der Waals surface area contributed by atoms with Crippen LogP contribution >= 0.6 is 0 Å². The van der Waals surface area contributed by atoms with Crippen molar-refractivity contribution < 1.29 is 14.7 Å². The molecule has 0 saturated carbocycles. The van der Waals surface area contributed by atoms with Crippen LogP contribution in [0.3, 0.4) is 0 Å². The summed E-state index contributed by atoms with van der Waals surface area (Å²) in [6, 6.07) is -0.412. The third-order valence-electron chi connectivity index (χ3n) is 3.42. The van der Waals surface area contributed by atoms with Gasteiger partial charge in [-0.2, -0.15) is 0 Å². The van der Waals surface area contributed by atoms with E-state index in [-0.39, 0.29) is 11.8 Å². The minimum atomic E-state index is -0.826. The molecule has 0 aromatic carbocycles. The highest BCUT2D eigenvalue weighted by molar-refractivity contribution is 5.90. The number of aliphatic hydroxyl groups is 1. The van der Waals surface area contributed by atoms with Gasteiger partial charge in [-0.05, 0) is 19.4 Å². The quantitative estimate of drug-likeness (QED) is 0.558. The Hall–Kier alpha value is -1.14. The van der Waals surface area contributed by atoms with Crippen molar-refractivity contribution in [3.8, 4) is 0 Å². The van der Waals surface area contributed by atoms with E-state index in [9.17, 15) is 14.7 Å². The van der Waals surface area contributed by atoms with Crippen molar-refractivity contribution in [2.75, 3.05) is 26.7 Å². The first-order chi connectivity index (χ1) is 8.00. The number of nitrogens with zero attached hydrogens (tertiary/aromatic N) is 1. The first-order valence-electron chi connectivity index (χ1n) is 5.98. The molecule has 2 rings (SSSR count). The number of rotatable bonds is 3. The molecule has 0 aromatic rings. The van der Waals surface area contributed by atoms with Crippen LogP contribution in [0, 0.1) is 0 Å². The van der Waals surface area contributed by atoms with Crippen molar-refractivity contribution in [1.29, 1.82) is 0 Å². The normalized spacial score (nSPS) is 32.6. The Morgan fingerprint density at radius 3 is 2.94 bits per heavy atom. The minimum absolute atomic E-state index is 0.0713. The predicted molar refractivity (Wildman–Crippen MR) is 61.2 cm³/mol. The summed E-state index contributed by atoms with van der Waals surface area (Å²) >= 11 is 0. The Kier molecular flexibility index (Phi) is 3.35. The van der Waals surface area contributed by atoms with Gasteiger partial charge < -0.3 is 20.6 Å². The molecular formula is C11H19N3O3. The lowest BCUT2D eigenvalue weighted by molar-refractivity contribution is -0.135. The average Bonchev–Trinajstić information content (AvgIpc) is 2.86. The molecular weight excluding hydrogens is 222 g/mol. The number of amides is 2. The van der Waals surface area contributed by atoms with E-state index >= 15 is 0 Å². The summed E-state index contributed by atoms with van der Waals surface area (Å²) in [5.41, 5.74) is -0.826. The number of carbonyl (C=O) groups excluding carboxylic acids is 2. The SMILES string of the molecule is CN(CC1(O)CCNC1)C(=O)C1CCC(=O)N1. The fraction of sp³-hybridized carbons (Fsp3) is 0.818. The van der Waals surface area contributed by atoms with Crippen molar-refractivity contribution in [3.63, 3.8) is 0 Å². The molecule has 0 radical (unpaired) electrons. The van der Waals surface area contributed by atoms with Gasteiger partial charge >= 0.3 is 0 Å². The third-order valence-corrected chi connectivity index (χ3v) is 3.42. The molecule has 0 aromatic heterocycles. The van der Waals surface area contributed by atoms with Crippen LogP contribution in [0.25, 0.3) is 0 Å².